The molecular formula is C14H15F2N7O. The summed E-state index contributed by atoms with van der Waals surface area (Å²) in [5.74, 6) is -0.454. The number of amides is 1. The van der Waals surface area contributed by atoms with Crippen LogP contribution in [0.15, 0.2) is 18.5 Å². The first kappa shape index (κ1) is 14.9. The molecule has 126 valence electrons. The number of carbonyl (C=O) groups excluding carboxylic acids is 1. The molecule has 1 amide bonds. The molecule has 3 aromatic rings. The van der Waals surface area contributed by atoms with Crippen LogP contribution in [0.4, 0.5) is 8.78 Å². The molecule has 0 bridgehead atoms. The smallest absolute Gasteiger partial charge is 0.251 e. The van der Waals surface area contributed by atoms with E-state index in [0.29, 0.717) is 23.5 Å². The van der Waals surface area contributed by atoms with Gasteiger partial charge < -0.3 is 10.7 Å². The number of nitrogens with one attached hydrogen (secondary N) is 1. The standard InChI is InChI=1S/C14H15F2N7O/c15-10(16)6-22-5-7(12(17)24)3-9(22)14-21-20-11-4-19-13-8(23(11)14)1-2-18-13/h1-2,4,7,9-10,18H,3,5-6H2,(H2,17,24)/t7-,9-/m1/s1. The number of carbonyl (C=O) groups is 1. The number of rotatable bonds is 4. The first-order valence-electron chi connectivity index (χ1n) is 7.53. The summed E-state index contributed by atoms with van der Waals surface area (Å²) in [7, 11) is 0. The maximum Gasteiger partial charge on any atom is 0.251 e. The number of H-pyrrole nitrogens is 1. The molecule has 3 N–H and O–H groups in total. The molecule has 8 nitrogen and oxygen atoms in total. The van der Waals surface area contributed by atoms with Gasteiger partial charge in [-0.2, -0.15) is 0 Å². The number of halogens is 2. The normalized spacial score (nSPS) is 22.1. The maximum atomic E-state index is 12.9. The van der Waals surface area contributed by atoms with E-state index in [-0.39, 0.29) is 6.54 Å². The van der Waals surface area contributed by atoms with Crippen molar-refractivity contribution in [1.29, 1.82) is 0 Å². The Labute approximate surface area is 134 Å². The van der Waals surface area contributed by atoms with Crippen LogP contribution in [0, 0.1) is 5.92 Å². The minimum atomic E-state index is -2.51. The van der Waals surface area contributed by atoms with Gasteiger partial charge in [-0.1, -0.05) is 0 Å². The summed E-state index contributed by atoms with van der Waals surface area (Å²) in [6.07, 6.45) is 1.13. The Kier molecular flexibility index (Phi) is 3.41. The van der Waals surface area contributed by atoms with Crippen molar-refractivity contribution < 1.29 is 13.6 Å². The third kappa shape index (κ3) is 2.30. The van der Waals surface area contributed by atoms with Crippen molar-refractivity contribution >= 4 is 22.7 Å². The molecule has 1 aliphatic rings. The van der Waals surface area contributed by atoms with Gasteiger partial charge in [0.1, 0.15) is 0 Å². The molecule has 0 aliphatic carbocycles. The number of fused-ring (bicyclic) bond motifs is 3. The van der Waals surface area contributed by atoms with Gasteiger partial charge >= 0.3 is 0 Å². The van der Waals surface area contributed by atoms with E-state index in [4.69, 9.17) is 5.73 Å². The molecule has 10 heteroatoms. The highest BCUT2D eigenvalue weighted by Gasteiger charge is 2.39. The fraction of sp³-hybridized carbons (Fsp3) is 0.429. The summed E-state index contributed by atoms with van der Waals surface area (Å²) in [5.41, 5.74) is 7.31. The highest BCUT2D eigenvalue weighted by molar-refractivity contribution is 5.77. The summed E-state index contributed by atoms with van der Waals surface area (Å²) in [6, 6.07) is 1.37. The lowest BCUT2D eigenvalue weighted by atomic mass is 10.0. The van der Waals surface area contributed by atoms with Crippen molar-refractivity contribution in [3.05, 3.63) is 24.3 Å². The monoisotopic (exact) mass is 335 g/mol. The van der Waals surface area contributed by atoms with E-state index in [0.717, 1.165) is 5.52 Å². The Balaban J connectivity index is 1.82. The second kappa shape index (κ2) is 5.48. The van der Waals surface area contributed by atoms with Gasteiger partial charge in [0, 0.05) is 12.7 Å². The zero-order chi connectivity index (χ0) is 16.8. The first-order chi connectivity index (χ1) is 11.5. The third-order valence-electron chi connectivity index (χ3n) is 4.44. The largest absolute Gasteiger partial charge is 0.369 e. The van der Waals surface area contributed by atoms with E-state index < -0.39 is 30.8 Å². The quantitative estimate of drug-likeness (QED) is 0.731. The predicted molar refractivity (Wildman–Crippen MR) is 80.3 cm³/mol. The molecule has 1 saturated heterocycles. The van der Waals surface area contributed by atoms with Crippen molar-refractivity contribution in [1.82, 2.24) is 29.5 Å². The van der Waals surface area contributed by atoms with Crippen molar-refractivity contribution in [2.45, 2.75) is 18.9 Å². The van der Waals surface area contributed by atoms with Crippen molar-refractivity contribution in [3.8, 4) is 0 Å². The maximum absolute atomic E-state index is 12.9. The lowest BCUT2D eigenvalue weighted by molar-refractivity contribution is -0.121. The molecule has 3 aromatic heterocycles. The Hall–Kier alpha value is -2.62. The fourth-order valence-electron chi connectivity index (χ4n) is 3.37. The van der Waals surface area contributed by atoms with E-state index in [9.17, 15) is 13.6 Å². The van der Waals surface area contributed by atoms with Gasteiger partial charge in [-0.15, -0.1) is 10.2 Å². The number of nitrogens with zero attached hydrogens (tertiary/aromatic N) is 5. The third-order valence-corrected chi connectivity index (χ3v) is 4.44. The van der Waals surface area contributed by atoms with Gasteiger partial charge in [0.15, 0.2) is 17.1 Å². The van der Waals surface area contributed by atoms with Crippen LogP contribution in [0.3, 0.4) is 0 Å². The summed E-state index contributed by atoms with van der Waals surface area (Å²) in [5, 5.41) is 8.26. The van der Waals surface area contributed by atoms with Gasteiger partial charge in [0.25, 0.3) is 6.43 Å². The molecule has 0 saturated carbocycles. The average Bonchev–Trinajstić information content (AvgIpc) is 3.22. The molecule has 1 fully saturated rings. The zero-order valence-corrected chi connectivity index (χ0v) is 12.6. The molecule has 0 spiro atoms. The van der Waals surface area contributed by atoms with E-state index >= 15 is 0 Å². The van der Waals surface area contributed by atoms with Crippen LogP contribution >= 0.6 is 0 Å². The summed E-state index contributed by atoms with van der Waals surface area (Å²) in [4.78, 5) is 20.3. The molecule has 4 heterocycles. The number of nitrogens with two attached hydrogens (primary N) is 1. The van der Waals surface area contributed by atoms with Crippen LogP contribution in [0.1, 0.15) is 18.3 Å². The second-order valence-corrected chi connectivity index (χ2v) is 5.92. The van der Waals surface area contributed by atoms with Crippen molar-refractivity contribution in [3.63, 3.8) is 0 Å². The molecule has 1 aliphatic heterocycles. The first-order valence-corrected chi connectivity index (χ1v) is 7.53. The Bertz CT molecular complexity index is 905. The van der Waals surface area contributed by atoms with Gasteiger partial charge in [0.2, 0.25) is 5.91 Å². The number of hydrogen-bond acceptors (Lipinski definition) is 5. The highest BCUT2D eigenvalue weighted by atomic mass is 19.3. The molecule has 4 rings (SSSR count). The lowest BCUT2D eigenvalue weighted by Crippen LogP contribution is -2.32. The predicted octanol–water partition coefficient (Wildman–Crippen LogP) is 0.719. The van der Waals surface area contributed by atoms with E-state index in [1.54, 1.807) is 21.7 Å². The minimum Gasteiger partial charge on any atom is -0.369 e. The highest BCUT2D eigenvalue weighted by Crippen LogP contribution is 2.35. The van der Waals surface area contributed by atoms with Crippen LogP contribution < -0.4 is 5.73 Å². The molecule has 0 aromatic carbocycles. The van der Waals surface area contributed by atoms with Crippen LogP contribution in [0.5, 0.6) is 0 Å². The van der Waals surface area contributed by atoms with E-state index in [2.05, 4.69) is 20.2 Å². The average molecular weight is 335 g/mol. The van der Waals surface area contributed by atoms with Gasteiger partial charge in [0.05, 0.1) is 30.2 Å². The Morgan fingerprint density at radius 2 is 2.29 bits per heavy atom. The minimum absolute atomic E-state index is 0.195. The zero-order valence-electron chi connectivity index (χ0n) is 12.6. The number of likely N-dealkylation sites (tertiary alicyclic amines) is 1. The Morgan fingerprint density at radius 1 is 1.46 bits per heavy atom. The van der Waals surface area contributed by atoms with Crippen LogP contribution in [-0.2, 0) is 4.79 Å². The van der Waals surface area contributed by atoms with E-state index in [1.165, 1.54) is 0 Å². The van der Waals surface area contributed by atoms with Gasteiger partial charge in [-0.05, 0) is 12.5 Å². The number of hydrogen-bond donors (Lipinski definition) is 2. The number of alkyl halides is 2. The fourth-order valence-corrected chi connectivity index (χ4v) is 3.37. The molecule has 24 heavy (non-hydrogen) atoms. The lowest BCUT2D eigenvalue weighted by Gasteiger charge is -2.22. The van der Waals surface area contributed by atoms with Gasteiger partial charge in [-0.25, -0.2) is 13.8 Å². The Morgan fingerprint density at radius 3 is 3.04 bits per heavy atom. The molecular weight excluding hydrogens is 320 g/mol. The van der Waals surface area contributed by atoms with Crippen molar-refractivity contribution in [2.75, 3.05) is 13.1 Å². The SMILES string of the molecule is NC(=O)[C@@H]1C[C@H](c2nnc3cnc4[nH]ccc4n23)N(CC(F)F)C1. The summed E-state index contributed by atoms with van der Waals surface area (Å²) >= 11 is 0. The van der Waals surface area contributed by atoms with Crippen LogP contribution in [-0.4, -0.2) is 54.9 Å². The summed E-state index contributed by atoms with van der Waals surface area (Å²) < 4.78 is 27.6. The van der Waals surface area contributed by atoms with Crippen LogP contribution in [0.2, 0.25) is 0 Å². The molecule has 0 unspecified atom stereocenters. The van der Waals surface area contributed by atoms with Crippen molar-refractivity contribution in [2.24, 2.45) is 11.7 Å². The molecule has 2 atom stereocenters. The number of primary amides is 1. The van der Waals surface area contributed by atoms with Gasteiger partial charge in [-0.3, -0.25) is 14.1 Å². The number of aromatic amines is 1. The summed E-state index contributed by atoms with van der Waals surface area (Å²) in [6.45, 7) is -0.245. The topological polar surface area (TPSA) is 105 Å². The van der Waals surface area contributed by atoms with E-state index in [1.807, 2.05) is 6.07 Å². The van der Waals surface area contributed by atoms with Crippen LogP contribution in [0.25, 0.3) is 16.8 Å². The number of aromatic nitrogens is 5. The second-order valence-electron chi connectivity index (χ2n) is 5.92. The molecule has 0 radical (unpaired) electrons.